The number of rotatable bonds is 7. The molecule has 1 N–H and O–H groups in total. The third kappa shape index (κ3) is 4.58. The summed E-state index contributed by atoms with van der Waals surface area (Å²) in [6, 6.07) is 15.6. The van der Waals surface area contributed by atoms with Gasteiger partial charge in [0.05, 0.1) is 12.3 Å². The Labute approximate surface area is 170 Å². The van der Waals surface area contributed by atoms with E-state index in [4.69, 9.17) is 8.94 Å². The first-order valence-corrected chi connectivity index (χ1v) is 10.0. The molecule has 1 unspecified atom stereocenters. The van der Waals surface area contributed by atoms with Gasteiger partial charge in [0.15, 0.2) is 11.5 Å². The molecule has 1 saturated heterocycles. The van der Waals surface area contributed by atoms with E-state index in [-0.39, 0.29) is 17.6 Å². The third-order valence-electron chi connectivity index (χ3n) is 5.44. The second-order valence-electron chi connectivity index (χ2n) is 7.16. The first-order valence-electron chi connectivity index (χ1n) is 10.0. The van der Waals surface area contributed by atoms with Gasteiger partial charge >= 0.3 is 0 Å². The lowest BCUT2D eigenvalue weighted by Gasteiger charge is -2.39. The number of aromatic nitrogens is 1. The fourth-order valence-electron chi connectivity index (χ4n) is 3.72. The molecule has 1 aliphatic rings. The van der Waals surface area contributed by atoms with Crippen molar-refractivity contribution in [1.29, 1.82) is 0 Å². The highest BCUT2D eigenvalue weighted by Gasteiger charge is 2.25. The van der Waals surface area contributed by atoms with Crippen molar-refractivity contribution in [2.24, 2.45) is 0 Å². The van der Waals surface area contributed by atoms with E-state index in [1.807, 2.05) is 18.2 Å². The van der Waals surface area contributed by atoms with E-state index >= 15 is 0 Å². The van der Waals surface area contributed by atoms with Crippen LogP contribution in [0.3, 0.4) is 0 Å². The summed E-state index contributed by atoms with van der Waals surface area (Å²) in [6.07, 6.45) is 1.56. The molecule has 1 aliphatic heterocycles. The number of hydrogen-bond acceptors (Lipinski definition) is 6. The maximum atomic E-state index is 12.7. The molecule has 0 aliphatic carbocycles. The maximum Gasteiger partial charge on any atom is 0.273 e. The Morgan fingerprint density at radius 3 is 2.59 bits per heavy atom. The zero-order valence-electron chi connectivity index (χ0n) is 16.6. The minimum atomic E-state index is -0.250. The van der Waals surface area contributed by atoms with Gasteiger partial charge in [0.1, 0.15) is 0 Å². The Morgan fingerprint density at radius 2 is 1.90 bits per heavy atom. The number of benzene rings is 1. The molecular weight excluding hydrogens is 368 g/mol. The fourth-order valence-corrected chi connectivity index (χ4v) is 3.72. The molecule has 4 rings (SSSR count). The Balaban J connectivity index is 1.43. The Bertz CT molecular complexity index is 899. The molecule has 0 saturated carbocycles. The SMILES string of the molecule is CCN1CCN(C(CNC(=O)c2cc(-c3ccco3)on2)c2ccccc2)CC1. The van der Waals surface area contributed by atoms with Crippen LogP contribution in [-0.4, -0.2) is 60.1 Å². The Morgan fingerprint density at radius 1 is 1.10 bits per heavy atom. The lowest BCUT2D eigenvalue weighted by Crippen LogP contribution is -2.49. The molecule has 152 valence electrons. The van der Waals surface area contributed by atoms with Crippen LogP contribution in [0, 0.1) is 0 Å². The van der Waals surface area contributed by atoms with Crippen LogP contribution in [0.2, 0.25) is 0 Å². The van der Waals surface area contributed by atoms with E-state index in [9.17, 15) is 4.79 Å². The first kappa shape index (κ1) is 19.4. The molecular formula is C22H26N4O3. The molecule has 1 atom stereocenters. The number of nitrogens with one attached hydrogen (secondary N) is 1. The lowest BCUT2D eigenvalue weighted by molar-refractivity contribution is 0.0849. The molecule has 0 radical (unpaired) electrons. The second-order valence-corrected chi connectivity index (χ2v) is 7.16. The molecule has 1 aromatic carbocycles. The van der Waals surface area contributed by atoms with Crippen molar-refractivity contribution in [2.45, 2.75) is 13.0 Å². The number of amides is 1. The fraction of sp³-hybridized carbons (Fsp3) is 0.364. The van der Waals surface area contributed by atoms with Crippen molar-refractivity contribution in [2.75, 3.05) is 39.3 Å². The van der Waals surface area contributed by atoms with Crippen molar-refractivity contribution in [1.82, 2.24) is 20.3 Å². The van der Waals surface area contributed by atoms with Gasteiger partial charge in [0, 0.05) is 38.8 Å². The second kappa shape index (κ2) is 9.07. The zero-order chi connectivity index (χ0) is 20.1. The van der Waals surface area contributed by atoms with Crippen molar-refractivity contribution >= 4 is 5.91 Å². The molecule has 2 aromatic heterocycles. The topological polar surface area (TPSA) is 74.8 Å². The standard InChI is InChI=1S/C22H26N4O3/c1-2-25-10-12-26(13-11-25)19(17-7-4-3-5-8-17)16-23-22(27)18-15-21(29-24-18)20-9-6-14-28-20/h3-9,14-15,19H,2,10-13,16H2,1H3,(H,23,27). The number of carbonyl (C=O) groups excluding carboxylic acids is 1. The van der Waals surface area contributed by atoms with Gasteiger partial charge in [-0.05, 0) is 24.2 Å². The third-order valence-corrected chi connectivity index (χ3v) is 5.44. The van der Waals surface area contributed by atoms with Gasteiger partial charge in [-0.1, -0.05) is 42.4 Å². The number of furan rings is 1. The van der Waals surface area contributed by atoms with Crippen molar-refractivity contribution < 1.29 is 13.7 Å². The van der Waals surface area contributed by atoms with Gasteiger partial charge in [0.25, 0.3) is 5.91 Å². The van der Waals surface area contributed by atoms with E-state index in [0.717, 1.165) is 32.7 Å². The van der Waals surface area contributed by atoms with Crippen LogP contribution in [-0.2, 0) is 0 Å². The molecule has 1 fully saturated rings. The summed E-state index contributed by atoms with van der Waals surface area (Å²) >= 11 is 0. The maximum absolute atomic E-state index is 12.7. The van der Waals surface area contributed by atoms with Crippen LogP contribution in [0.15, 0.2) is 63.7 Å². The highest BCUT2D eigenvalue weighted by atomic mass is 16.5. The minimum Gasteiger partial charge on any atom is -0.461 e. The summed E-state index contributed by atoms with van der Waals surface area (Å²) in [5.74, 6) is 0.739. The van der Waals surface area contributed by atoms with Gasteiger partial charge in [0.2, 0.25) is 5.76 Å². The number of nitrogens with zero attached hydrogens (tertiary/aromatic N) is 3. The number of likely N-dealkylation sites (N-methyl/N-ethyl adjacent to an activating group) is 1. The highest BCUT2D eigenvalue weighted by Crippen LogP contribution is 2.23. The molecule has 7 nitrogen and oxygen atoms in total. The average Bonchev–Trinajstić information content (AvgIpc) is 3.47. The van der Waals surface area contributed by atoms with Crippen LogP contribution in [0.25, 0.3) is 11.5 Å². The predicted octanol–water partition coefficient (Wildman–Crippen LogP) is 3.04. The number of hydrogen-bond donors (Lipinski definition) is 1. The Hall–Kier alpha value is -2.90. The van der Waals surface area contributed by atoms with Crippen LogP contribution in [0.4, 0.5) is 0 Å². The Kier molecular flexibility index (Phi) is 6.07. The molecule has 7 heteroatoms. The van der Waals surface area contributed by atoms with E-state index in [0.29, 0.717) is 18.1 Å². The van der Waals surface area contributed by atoms with E-state index < -0.39 is 0 Å². The highest BCUT2D eigenvalue weighted by molar-refractivity contribution is 5.92. The average molecular weight is 394 g/mol. The molecule has 0 bridgehead atoms. The number of carbonyl (C=O) groups is 1. The minimum absolute atomic E-state index is 0.121. The summed E-state index contributed by atoms with van der Waals surface area (Å²) in [5.41, 5.74) is 1.45. The molecule has 3 aromatic rings. The smallest absolute Gasteiger partial charge is 0.273 e. The predicted molar refractivity (Wildman–Crippen MR) is 109 cm³/mol. The quantitative estimate of drug-likeness (QED) is 0.664. The van der Waals surface area contributed by atoms with Crippen LogP contribution < -0.4 is 5.32 Å². The normalized spacial score (nSPS) is 16.6. The van der Waals surface area contributed by atoms with Gasteiger partial charge in [-0.3, -0.25) is 9.69 Å². The number of piperazine rings is 1. The summed E-state index contributed by atoms with van der Waals surface area (Å²) in [7, 11) is 0. The summed E-state index contributed by atoms with van der Waals surface area (Å²) in [6.45, 7) is 7.83. The van der Waals surface area contributed by atoms with Gasteiger partial charge in [-0.25, -0.2) is 0 Å². The van der Waals surface area contributed by atoms with Gasteiger partial charge in [-0.15, -0.1) is 0 Å². The van der Waals surface area contributed by atoms with Crippen molar-refractivity contribution in [3.05, 3.63) is 66.1 Å². The van der Waals surface area contributed by atoms with Gasteiger partial charge < -0.3 is 19.2 Å². The lowest BCUT2D eigenvalue weighted by atomic mass is 10.0. The van der Waals surface area contributed by atoms with Crippen LogP contribution in [0.5, 0.6) is 0 Å². The summed E-state index contributed by atoms with van der Waals surface area (Å²) in [5, 5.41) is 6.92. The summed E-state index contributed by atoms with van der Waals surface area (Å²) in [4.78, 5) is 17.5. The monoisotopic (exact) mass is 394 g/mol. The molecule has 0 spiro atoms. The summed E-state index contributed by atoms with van der Waals surface area (Å²) < 4.78 is 10.5. The van der Waals surface area contributed by atoms with Crippen molar-refractivity contribution in [3.8, 4) is 11.5 Å². The van der Waals surface area contributed by atoms with E-state index in [2.05, 4.69) is 39.3 Å². The first-order chi connectivity index (χ1) is 14.2. The van der Waals surface area contributed by atoms with E-state index in [1.54, 1.807) is 24.5 Å². The molecule has 29 heavy (non-hydrogen) atoms. The zero-order valence-corrected chi connectivity index (χ0v) is 16.6. The molecule has 3 heterocycles. The van der Waals surface area contributed by atoms with E-state index in [1.165, 1.54) is 5.56 Å². The largest absolute Gasteiger partial charge is 0.461 e. The van der Waals surface area contributed by atoms with Gasteiger partial charge in [-0.2, -0.15) is 0 Å². The van der Waals surface area contributed by atoms with Crippen molar-refractivity contribution in [3.63, 3.8) is 0 Å². The van der Waals surface area contributed by atoms with Crippen LogP contribution >= 0.6 is 0 Å². The molecule has 1 amide bonds. The van der Waals surface area contributed by atoms with Crippen LogP contribution in [0.1, 0.15) is 29.0 Å².